The molecule has 0 aliphatic carbocycles. The van der Waals surface area contributed by atoms with Crippen LogP contribution in [0.25, 0.3) is 0 Å². The number of rotatable bonds is 6. The Morgan fingerprint density at radius 1 is 1.35 bits per heavy atom. The third-order valence-electron chi connectivity index (χ3n) is 2.95. The smallest absolute Gasteiger partial charge is 0.261 e. The fourth-order valence-corrected chi connectivity index (χ4v) is 2.52. The van der Waals surface area contributed by atoms with E-state index in [9.17, 15) is 4.79 Å². The molecule has 3 nitrogen and oxygen atoms in total. The number of benzene rings is 1. The van der Waals surface area contributed by atoms with E-state index in [2.05, 4.69) is 5.32 Å². The largest absolute Gasteiger partial charge is 0.481 e. The van der Waals surface area contributed by atoms with E-state index in [0.29, 0.717) is 13.0 Å². The molecule has 1 atom stereocenters. The average Bonchev–Trinajstić information content (AvgIpc) is 2.95. The van der Waals surface area contributed by atoms with Crippen LogP contribution in [0.5, 0.6) is 5.75 Å². The number of ether oxygens (including phenoxy) is 1. The minimum atomic E-state index is -0.447. The zero-order valence-corrected chi connectivity index (χ0v) is 12.6. The molecular formula is C16H19NO2S. The SMILES string of the molecule is CC[C@H](Oc1cccc(C)c1)C(=O)NCc1cccs1. The monoisotopic (exact) mass is 289 g/mol. The number of nitrogens with one attached hydrogen (secondary N) is 1. The summed E-state index contributed by atoms with van der Waals surface area (Å²) in [7, 11) is 0. The Hall–Kier alpha value is -1.81. The van der Waals surface area contributed by atoms with Crippen LogP contribution < -0.4 is 10.1 Å². The van der Waals surface area contributed by atoms with Crippen molar-refractivity contribution >= 4 is 17.2 Å². The van der Waals surface area contributed by atoms with Gasteiger partial charge in [0, 0.05) is 4.88 Å². The van der Waals surface area contributed by atoms with Crippen molar-refractivity contribution in [3.63, 3.8) is 0 Å². The summed E-state index contributed by atoms with van der Waals surface area (Å²) in [6.07, 6.45) is 0.196. The Morgan fingerprint density at radius 3 is 2.85 bits per heavy atom. The van der Waals surface area contributed by atoms with Gasteiger partial charge >= 0.3 is 0 Å². The number of hydrogen-bond donors (Lipinski definition) is 1. The molecular weight excluding hydrogens is 270 g/mol. The van der Waals surface area contributed by atoms with Crippen molar-refractivity contribution in [1.29, 1.82) is 0 Å². The highest BCUT2D eigenvalue weighted by Crippen LogP contribution is 2.15. The second-order valence-corrected chi connectivity index (χ2v) is 5.66. The molecule has 4 heteroatoms. The topological polar surface area (TPSA) is 38.3 Å². The van der Waals surface area contributed by atoms with Crippen LogP contribution in [-0.2, 0) is 11.3 Å². The summed E-state index contributed by atoms with van der Waals surface area (Å²) in [5.74, 6) is 0.672. The summed E-state index contributed by atoms with van der Waals surface area (Å²) in [6.45, 7) is 4.51. The maximum Gasteiger partial charge on any atom is 0.261 e. The summed E-state index contributed by atoms with van der Waals surface area (Å²) in [6, 6.07) is 11.7. The zero-order valence-electron chi connectivity index (χ0n) is 11.8. The third kappa shape index (κ3) is 4.10. The van der Waals surface area contributed by atoms with Crippen LogP contribution in [0.1, 0.15) is 23.8 Å². The van der Waals surface area contributed by atoms with Gasteiger partial charge < -0.3 is 10.1 Å². The molecule has 2 rings (SSSR count). The fraction of sp³-hybridized carbons (Fsp3) is 0.312. The normalized spacial score (nSPS) is 11.9. The van der Waals surface area contributed by atoms with Gasteiger partial charge in [-0.15, -0.1) is 11.3 Å². The van der Waals surface area contributed by atoms with E-state index < -0.39 is 6.10 Å². The molecule has 0 bridgehead atoms. The van der Waals surface area contributed by atoms with Crippen molar-refractivity contribution in [2.75, 3.05) is 0 Å². The Kier molecular flexibility index (Phi) is 5.18. The van der Waals surface area contributed by atoms with Gasteiger partial charge in [-0.25, -0.2) is 0 Å². The van der Waals surface area contributed by atoms with E-state index in [1.807, 2.05) is 55.6 Å². The first-order valence-corrected chi connectivity index (χ1v) is 7.60. The van der Waals surface area contributed by atoms with Gasteiger partial charge in [0.15, 0.2) is 6.10 Å². The first-order chi connectivity index (χ1) is 9.69. The lowest BCUT2D eigenvalue weighted by atomic mass is 10.2. The molecule has 1 aromatic carbocycles. The molecule has 0 aliphatic heterocycles. The van der Waals surface area contributed by atoms with Gasteiger partial charge in [0.2, 0.25) is 0 Å². The molecule has 2 aromatic rings. The lowest BCUT2D eigenvalue weighted by Crippen LogP contribution is -2.37. The van der Waals surface area contributed by atoms with Crippen LogP contribution in [0.2, 0.25) is 0 Å². The van der Waals surface area contributed by atoms with Gasteiger partial charge in [0.1, 0.15) is 5.75 Å². The minimum Gasteiger partial charge on any atom is -0.481 e. The van der Waals surface area contributed by atoms with E-state index in [1.165, 1.54) is 0 Å². The minimum absolute atomic E-state index is 0.0672. The van der Waals surface area contributed by atoms with Crippen LogP contribution in [0, 0.1) is 6.92 Å². The van der Waals surface area contributed by atoms with Gasteiger partial charge in [-0.05, 0) is 42.5 Å². The van der Waals surface area contributed by atoms with Gasteiger partial charge in [-0.3, -0.25) is 4.79 Å². The number of amides is 1. The lowest BCUT2D eigenvalue weighted by Gasteiger charge is -2.17. The summed E-state index contributed by atoms with van der Waals surface area (Å²) >= 11 is 1.63. The maximum atomic E-state index is 12.1. The number of thiophene rings is 1. The molecule has 0 fully saturated rings. The van der Waals surface area contributed by atoms with Gasteiger partial charge in [-0.1, -0.05) is 25.1 Å². The zero-order chi connectivity index (χ0) is 14.4. The van der Waals surface area contributed by atoms with Crippen molar-refractivity contribution in [1.82, 2.24) is 5.32 Å². The predicted molar refractivity (Wildman–Crippen MR) is 82.1 cm³/mol. The quantitative estimate of drug-likeness (QED) is 0.883. The van der Waals surface area contributed by atoms with Crippen LogP contribution in [0.3, 0.4) is 0 Å². The third-order valence-corrected chi connectivity index (χ3v) is 3.82. The Morgan fingerprint density at radius 2 is 2.20 bits per heavy atom. The molecule has 0 spiro atoms. The second-order valence-electron chi connectivity index (χ2n) is 4.63. The van der Waals surface area contributed by atoms with E-state index in [-0.39, 0.29) is 5.91 Å². The summed E-state index contributed by atoms with van der Waals surface area (Å²) in [5.41, 5.74) is 1.12. The molecule has 1 amide bonds. The van der Waals surface area contributed by atoms with E-state index >= 15 is 0 Å². The Labute approximate surface area is 123 Å². The molecule has 1 heterocycles. The highest BCUT2D eigenvalue weighted by Gasteiger charge is 2.18. The molecule has 0 unspecified atom stereocenters. The maximum absolute atomic E-state index is 12.1. The summed E-state index contributed by atoms with van der Waals surface area (Å²) in [5, 5.41) is 4.92. The Balaban J connectivity index is 1.92. The number of carbonyl (C=O) groups excluding carboxylic acids is 1. The Bertz CT molecular complexity index is 551. The molecule has 1 aromatic heterocycles. The predicted octanol–water partition coefficient (Wildman–Crippen LogP) is 3.53. The van der Waals surface area contributed by atoms with Gasteiger partial charge in [0.05, 0.1) is 6.54 Å². The number of hydrogen-bond acceptors (Lipinski definition) is 3. The van der Waals surface area contributed by atoms with Crippen molar-refractivity contribution in [3.05, 3.63) is 52.2 Å². The van der Waals surface area contributed by atoms with Gasteiger partial charge in [-0.2, -0.15) is 0 Å². The number of aryl methyl sites for hydroxylation is 1. The summed E-state index contributed by atoms with van der Waals surface area (Å²) in [4.78, 5) is 13.3. The van der Waals surface area contributed by atoms with Gasteiger partial charge in [0.25, 0.3) is 5.91 Å². The van der Waals surface area contributed by atoms with E-state index in [0.717, 1.165) is 16.2 Å². The standard InChI is InChI=1S/C16H19NO2S/c1-3-15(19-13-7-4-6-12(2)10-13)16(18)17-11-14-8-5-9-20-14/h4-10,15H,3,11H2,1-2H3,(H,17,18)/t15-/m0/s1. The highest BCUT2D eigenvalue weighted by atomic mass is 32.1. The first-order valence-electron chi connectivity index (χ1n) is 6.72. The first kappa shape index (κ1) is 14.6. The molecule has 0 aliphatic rings. The van der Waals surface area contributed by atoms with E-state index in [1.54, 1.807) is 11.3 Å². The van der Waals surface area contributed by atoms with Crippen molar-refractivity contribution in [3.8, 4) is 5.75 Å². The number of carbonyl (C=O) groups is 1. The molecule has 0 radical (unpaired) electrons. The summed E-state index contributed by atoms with van der Waals surface area (Å²) < 4.78 is 5.77. The molecule has 0 saturated carbocycles. The average molecular weight is 289 g/mol. The van der Waals surface area contributed by atoms with Crippen molar-refractivity contribution < 1.29 is 9.53 Å². The second kappa shape index (κ2) is 7.10. The lowest BCUT2D eigenvalue weighted by molar-refractivity contribution is -0.128. The van der Waals surface area contributed by atoms with Crippen molar-refractivity contribution in [2.45, 2.75) is 32.9 Å². The highest BCUT2D eigenvalue weighted by molar-refractivity contribution is 7.09. The van der Waals surface area contributed by atoms with Crippen molar-refractivity contribution in [2.24, 2.45) is 0 Å². The molecule has 0 saturated heterocycles. The van der Waals surface area contributed by atoms with Crippen LogP contribution in [-0.4, -0.2) is 12.0 Å². The molecule has 106 valence electrons. The molecule has 1 N–H and O–H groups in total. The van der Waals surface area contributed by atoms with Crippen LogP contribution >= 0.6 is 11.3 Å². The van der Waals surface area contributed by atoms with Crippen LogP contribution in [0.4, 0.5) is 0 Å². The van der Waals surface area contributed by atoms with Crippen LogP contribution in [0.15, 0.2) is 41.8 Å². The molecule has 20 heavy (non-hydrogen) atoms. The fourth-order valence-electron chi connectivity index (χ4n) is 1.88. The van der Waals surface area contributed by atoms with E-state index in [4.69, 9.17) is 4.74 Å².